The quantitative estimate of drug-likeness (QED) is 0.419. The molecule has 0 radical (unpaired) electrons. The Hall–Kier alpha value is -2.17. The smallest absolute Gasteiger partial charge is 0.150 e. The zero-order valence-electron chi connectivity index (χ0n) is 12.4. The number of hydrogen-bond donors (Lipinski definition) is 0. The van der Waals surface area contributed by atoms with Gasteiger partial charge in [0.2, 0.25) is 0 Å². The topological polar surface area (TPSA) is 54.5 Å². The van der Waals surface area contributed by atoms with Crippen molar-refractivity contribution < 1.29 is 0 Å². The third kappa shape index (κ3) is 2.62. The minimum absolute atomic E-state index is 0.463. The fourth-order valence-corrected chi connectivity index (χ4v) is 3.90. The lowest BCUT2D eigenvalue weighted by Gasteiger charge is -2.07. The molecular weight excluding hydrogens is 435 g/mol. The zero-order valence-corrected chi connectivity index (χ0v) is 15.3. The van der Waals surface area contributed by atoms with Gasteiger partial charge in [-0.05, 0) is 52.4 Å². The number of benzene rings is 1. The predicted molar refractivity (Wildman–Crippen MR) is 103 cm³/mol. The number of pyridine rings is 2. The minimum atomic E-state index is 0.463. The summed E-state index contributed by atoms with van der Waals surface area (Å²) in [4.78, 5) is 8.48. The zero-order chi connectivity index (χ0) is 16.7. The van der Waals surface area contributed by atoms with Gasteiger partial charge in [-0.15, -0.1) is 0 Å². The van der Waals surface area contributed by atoms with E-state index >= 15 is 0 Å². The molecule has 116 valence electrons. The second-order valence-electron chi connectivity index (χ2n) is 5.45. The Bertz CT molecular complexity index is 1130. The van der Waals surface area contributed by atoms with Crippen LogP contribution in [-0.2, 0) is 6.54 Å². The van der Waals surface area contributed by atoms with Crippen molar-refractivity contribution in [3.63, 3.8) is 0 Å². The maximum atomic E-state index is 9.26. The highest BCUT2D eigenvalue weighted by atomic mass is 127. The molecular formula is C18H10ClIN4. The first-order chi connectivity index (χ1) is 11.7. The highest BCUT2D eigenvalue weighted by molar-refractivity contribution is 14.1. The largest absolute Gasteiger partial charge is 0.342 e. The van der Waals surface area contributed by atoms with Gasteiger partial charge in [0.1, 0.15) is 6.07 Å². The number of fused-ring (bicyclic) bond motifs is 2. The van der Waals surface area contributed by atoms with Crippen LogP contribution in [0.5, 0.6) is 0 Å². The summed E-state index contributed by atoms with van der Waals surface area (Å²) >= 11 is 8.29. The Morgan fingerprint density at radius 1 is 1.21 bits per heavy atom. The molecule has 3 aromatic heterocycles. The first-order valence-electron chi connectivity index (χ1n) is 7.23. The third-order valence-electron chi connectivity index (χ3n) is 3.92. The molecule has 4 nitrogen and oxygen atoms in total. The van der Waals surface area contributed by atoms with Gasteiger partial charge in [-0.3, -0.25) is 4.98 Å². The summed E-state index contributed by atoms with van der Waals surface area (Å²) in [5, 5.41) is 11.8. The fourth-order valence-electron chi connectivity index (χ4n) is 2.86. The Morgan fingerprint density at radius 3 is 2.92 bits per heavy atom. The van der Waals surface area contributed by atoms with E-state index in [1.807, 2.05) is 24.4 Å². The number of halogens is 2. The molecule has 0 atom stereocenters. The Morgan fingerprint density at radius 2 is 2.08 bits per heavy atom. The van der Waals surface area contributed by atoms with E-state index in [1.165, 1.54) is 0 Å². The molecule has 24 heavy (non-hydrogen) atoms. The molecule has 0 aliphatic heterocycles. The summed E-state index contributed by atoms with van der Waals surface area (Å²) in [5.74, 6) is 0. The van der Waals surface area contributed by atoms with Crippen LogP contribution in [-0.4, -0.2) is 14.5 Å². The summed E-state index contributed by atoms with van der Waals surface area (Å²) in [5.41, 5.74) is 3.54. The number of hydrogen-bond acceptors (Lipinski definition) is 3. The first-order valence-corrected chi connectivity index (χ1v) is 8.69. The summed E-state index contributed by atoms with van der Waals surface area (Å²) < 4.78 is 3.16. The lowest BCUT2D eigenvalue weighted by molar-refractivity contribution is 0.836. The predicted octanol–water partition coefficient (Wildman–Crippen LogP) is 4.76. The molecule has 1 aromatic carbocycles. The van der Waals surface area contributed by atoms with Crippen LogP contribution in [0, 0.1) is 14.9 Å². The first kappa shape index (κ1) is 15.4. The van der Waals surface area contributed by atoms with Gasteiger partial charge in [0.15, 0.2) is 5.69 Å². The molecule has 0 aliphatic carbocycles. The fraction of sp³-hybridized carbons (Fsp3) is 0.0556. The van der Waals surface area contributed by atoms with Crippen LogP contribution in [0.15, 0.2) is 48.9 Å². The summed E-state index contributed by atoms with van der Waals surface area (Å²) in [6.45, 7) is 0.705. The second kappa shape index (κ2) is 6.04. The van der Waals surface area contributed by atoms with Crippen molar-refractivity contribution in [2.45, 2.75) is 6.54 Å². The second-order valence-corrected chi connectivity index (χ2v) is 7.05. The standard InChI is InChI=1S/C18H10ClIN4/c19-13-6-12-5-11(1-2-15(12)23-8-13)9-24-10-14(20)18-16(7-21)22-4-3-17(18)24/h1-6,8,10H,9H2. The number of nitrogens with zero attached hydrogens (tertiary/aromatic N) is 4. The van der Waals surface area contributed by atoms with Crippen molar-refractivity contribution in [3.05, 3.63) is 68.8 Å². The Kier molecular flexibility index (Phi) is 3.87. The number of nitriles is 1. The molecule has 4 aromatic rings. The molecule has 3 heterocycles. The minimum Gasteiger partial charge on any atom is -0.342 e. The van der Waals surface area contributed by atoms with Gasteiger partial charge in [0.05, 0.1) is 16.1 Å². The highest BCUT2D eigenvalue weighted by Crippen LogP contribution is 2.26. The van der Waals surface area contributed by atoms with Crippen molar-refractivity contribution in [1.82, 2.24) is 14.5 Å². The maximum Gasteiger partial charge on any atom is 0.150 e. The van der Waals surface area contributed by atoms with E-state index in [0.717, 1.165) is 30.9 Å². The molecule has 0 unspecified atom stereocenters. The molecule has 0 bridgehead atoms. The van der Waals surface area contributed by atoms with Crippen LogP contribution in [0.4, 0.5) is 0 Å². The number of rotatable bonds is 2. The number of aromatic nitrogens is 3. The monoisotopic (exact) mass is 444 g/mol. The van der Waals surface area contributed by atoms with Gasteiger partial charge in [-0.25, -0.2) is 4.98 Å². The molecule has 0 N–H and O–H groups in total. The molecule has 4 rings (SSSR count). The highest BCUT2D eigenvalue weighted by Gasteiger charge is 2.12. The van der Waals surface area contributed by atoms with Gasteiger partial charge >= 0.3 is 0 Å². The summed E-state index contributed by atoms with van der Waals surface area (Å²) in [6.07, 6.45) is 5.38. The molecule has 0 fully saturated rings. The van der Waals surface area contributed by atoms with Crippen molar-refractivity contribution in [3.8, 4) is 6.07 Å². The molecule has 0 saturated carbocycles. The summed E-state index contributed by atoms with van der Waals surface area (Å²) in [6, 6.07) is 12.2. The Balaban J connectivity index is 1.81. The van der Waals surface area contributed by atoms with E-state index in [1.54, 1.807) is 12.4 Å². The molecule has 0 amide bonds. The van der Waals surface area contributed by atoms with Crippen LogP contribution >= 0.6 is 34.2 Å². The summed E-state index contributed by atoms with van der Waals surface area (Å²) in [7, 11) is 0. The van der Waals surface area contributed by atoms with Crippen molar-refractivity contribution in [2.24, 2.45) is 0 Å². The van der Waals surface area contributed by atoms with Gasteiger partial charge in [-0.1, -0.05) is 17.7 Å². The lowest BCUT2D eigenvalue weighted by Crippen LogP contribution is -1.98. The van der Waals surface area contributed by atoms with E-state index < -0.39 is 0 Å². The van der Waals surface area contributed by atoms with Gasteiger partial charge in [0, 0.05) is 39.5 Å². The Labute approximate surface area is 156 Å². The average Bonchev–Trinajstić information content (AvgIpc) is 2.90. The van der Waals surface area contributed by atoms with E-state index in [-0.39, 0.29) is 0 Å². The van der Waals surface area contributed by atoms with Crippen LogP contribution in [0.3, 0.4) is 0 Å². The van der Waals surface area contributed by atoms with Gasteiger partial charge in [0.25, 0.3) is 0 Å². The van der Waals surface area contributed by atoms with E-state index in [0.29, 0.717) is 17.3 Å². The van der Waals surface area contributed by atoms with Crippen molar-refractivity contribution in [1.29, 1.82) is 5.26 Å². The van der Waals surface area contributed by atoms with Gasteiger partial charge < -0.3 is 4.57 Å². The van der Waals surface area contributed by atoms with Crippen molar-refractivity contribution >= 4 is 56.0 Å². The van der Waals surface area contributed by atoms with Crippen LogP contribution in [0.1, 0.15) is 11.3 Å². The average molecular weight is 445 g/mol. The lowest BCUT2D eigenvalue weighted by atomic mass is 10.1. The molecule has 6 heteroatoms. The van der Waals surface area contributed by atoms with Crippen LogP contribution in [0.25, 0.3) is 21.8 Å². The molecule has 0 saturated heterocycles. The van der Waals surface area contributed by atoms with Crippen LogP contribution < -0.4 is 0 Å². The maximum absolute atomic E-state index is 9.26. The van der Waals surface area contributed by atoms with Crippen LogP contribution in [0.2, 0.25) is 5.02 Å². The SMILES string of the molecule is N#Cc1nccc2c1c(I)cn2Cc1ccc2ncc(Cl)cc2c1. The van der Waals surface area contributed by atoms with Gasteiger partial charge in [-0.2, -0.15) is 5.26 Å². The third-order valence-corrected chi connectivity index (χ3v) is 4.94. The van der Waals surface area contributed by atoms with E-state index in [4.69, 9.17) is 11.6 Å². The normalized spacial score (nSPS) is 11.0. The van der Waals surface area contributed by atoms with Crippen molar-refractivity contribution in [2.75, 3.05) is 0 Å². The molecule has 0 spiro atoms. The molecule has 0 aliphatic rings. The van der Waals surface area contributed by atoms with E-state index in [9.17, 15) is 5.26 Å². The van der Waals surface area contributed by atoms with E-state index in [2.05, 4.69) is 55.3 Å².